The summed E-state index contributed by atoms with van der Waals surface area (Å²) >= 11 is -2.61. The summed E-state index contributed by atoms with van der Waals surface area (Å²) in [5.74, 6) is 0. The Morgan fingerprint density at radius 2 is 1.00 bits per heavy atom. The van der Waals surface area contributed by atoms with E-state index in [1.54, 1.807) is 45.4 Å². The van der Waals surface area contributed by atoms with Crippen molar-refractivity contribution in [2.75, 3.05) is 0 Å². The van der Waals surface area contributed by atoms with E-state index < -0.39 is 14.0 Å². The number of rotatable bonds is 1. The van der Waals surface area contributed by atoms with Crippen molar-refractivity contribution in [2.24, 2.45) is 0 Å². The predicted octanol–water partition coefficient (Wildman–Crippen LogP) is 5.46. The van der Waals surface area contributed by atoms with Crippen molar-refractivity contribution < 1.29 is 29.3 Å². The van der Waals surface area contributed by atoms with Gasteiger partial charge in [0.2, 0.25) is 0 Å². The van der Waals surface area contributed by atoms with Gasteiger partial charge in [-0.2, -0.15) is 0 Å². The second kappa shape index (κ2) is 10.2. The quantitative estimate of drug-likeness (QED) is 0.539. The molecule has 0 bridgehead atoms. The van der Waals surface area contributed by atoms with E-state index in [0.717, 1.165) is 0 Å². The van der Waals surface area contributed by atoms with Gasteiger partial charge in [0.05, 0.1) is 0 Å². The Bertz CT molecular complexity index is 334. The van der Waals surface area contributed by atoms with E-state index in [0.29, 0.717) is 0 Å². The molecule has 0 radical (unpaired) electrons. The summed E-state index contributed by atoms with van der Waals surface area (Å²) in [6.45, 7) is 10.3. The van der Waals surface area contributed by atoms with E-state index in [9.17, 15) is 0 Å². The molecule has 0 aromatic carbocycles. The molecule has 0 atom stereocenters. The molecule has 1 rings (SSSR count). The summed E-state index contributed by atoms with van der Waals surface area (Å²) in [4.78, 5) is 0. The Labute approximate surface area is 143 Å². The first-order chi connectivity index (χ1) is 9.79. The zero-order valence-electron chi connectivity index (χ0n) is 17.5. The Hall–Kier alpha value is 0.0743. The molecule has 0 aromatic heterocycles. The minimum absolute atomic E-state index is 0.167. The van der Waals surface area contributed by atoms with Crippen molar-refractivity contribution >= 4 is 0 Å². The molecule has 142 valence electrons. The third-order valence-corrected chi connectivity index (χ3v) is 7.97. The molecule has 0 aromatic rings. The number of hydrogen-bond acceptors (Lipinski definition) is 3. The SMILES string of the molecule is CC(C)O.CC(C)O.CC(C)O.[CH3][Ti]([CH3])([CH3])([CH3])([CH3])[C]1=CC=CC1. The fourth-order valence-corrected chi connectivity index (χ4v) is 4.60. The number of aliphatic hydroxyl groups is 3. The van der Waals surface area contributed by atoms with Gasteiger partial charge in [0, 0.05) is 18.3 Å². The number of allylic oxidation sites excluding steroid dienone is 4. The van der Waals surface area contributed by atoms with Crippen LogP contribution in [-0.2, 0) is 14.0 Å². The van der Waals surface area contributed by atoms with E-state index in [4.69, 9.17) is 15.3 Å². The molecule has 0 heterocycles. The second-order valence-corrected chi connectivity index (χ2v) is 31.4. The predicted molar refractivity (Wildman–Crippen MR) is 103 cm³/mol. The van der Waals surface area contributed by atoms with Gasteiger partial charge in [-0.25, -0.2) is 0 Å². The topological polar surface area (TPSA) is 60.7 Å². The van der Waals surface area contributed by atoms with Gasteiger partial charge in [-0.3, -0.25) is 0 Å². The summed E-state index contributed by atoms with van der Waals surface area (Å²) in [5, 5.41) is 36.6. The minimum atomic E-state index is -2.61. The van der Waals surface area contributed by atoms with Crippen LogP contribution in [0.4, 0.5) is 0 Å². The molecule has 23 heavy (non-hydrogen) atoms. The van der Waals surface area contributed by atoms with Gasteiger partial charge in [0.15, 0.2) is 0 Å². The molecule has 0 unspecified atom stereocenters. The standard InChI is InChI=1S/C5H5.3C3H8O.5CH3.Ti/c1-2-4-5-3-1;3*1-3(2)4;;;;;;/h1-3H,4H2;3*3-4H,1-2H3;5*1H3;. The van der Waals surface area contributed by atoms with E-state index in [-0.39, 0.29) is 18.3 Å². The zero-order chi connectivity index (χ0) is 19.5. The van der Waals surface area contributed by atoms with Crippen molar-refractivity contribution in [1.82, 2.24) is 0 Å². The van der Waals surface area contributed by atoms with Crippen LogP contribution in [0.2, 0.25) is 26.1 Å². The molecule has 3 nitrogen and oxygen atoms in total. The molecule has 0 saturated heterocycles. The molecular weight excluding hydrogens is 324 g/mol. The van der Waals surface area contributed by atoms with Crippen LogP contribution in [0.15, 0.2) is 22.1 Å². The number of hydrogen-bond donors (Lipinski definition) is 3. The zero-order valence-corrected chi connectivity index (χ0v) is 19.1. The normalized spacial score (nSPS) is 16.3. The Morgan fingerprint density at radius 3 is 1.09 bits per heavy atom. The van der Waals surface area contributed by atoms with Crippen LogP contribution in [-0.4, -0.2) is 33.6 Å². The van der Waals surface area contributed by atoms with E-state index in [1.165, 1.54) is 6.42 Å². The maximum absolute atomic E-state index is 8.06. The van der Waals surface area contributed by atoms with E-state index >= 15 is 0 Å². The second-order valence-electron chi connectivity index (χ2n) is 10.9. The summed E-state index contributed by atoms with van der Waals surface area (Å²) in [6.07, 6.45) is 7.48. The number of aliphatic hydroxyl groups excluding tert-OH is 3. The van der Waals surface area contributed by atoms with Gasteiger partial charge < -0.3 is 15.3 Å². The van der Waals surface area contributed by atoms with E-state index in [2.05, 4.69) is 44.4 Å². The summed E-state index contributed by atoms with van der Waals surface area (Å²) in [7, 11) is 0. The third kappa shape index (κ3) is 30.5. The van der Waals surface area contributed by atoms with Crippen LogP contribution >= 0.6 is 0 Å². The van der Waals surface area contributed by atoms with Gasteiger partial charge in [-0.05, 0) is 41.5 Å². The van der Waals surface area contributed by atoms with Crippen molar-refractivity contribution in [3.05, 3.63) is 22.1 Å². The van der Waals surface area contributed by atoms with Gasteiger partial charge >= 0.3 is 68.7 Å². The van der Waals surface area contributed by atoms with Crippen molar-refractivity contribution in [1.29, 1.82) is 0 Å². The van der Waals surface area contributed by atoms with Crippen LogP contribution in [0, 0.1) is 0 Å². The average Bonchev–Trinajstić information content (AvgIpc) is 2.62. The van der Waals surface area contributed by atoms with Crippen molar-refractivity contribution in [3.8, 4) is 0 Å². The van der Waals surface area contributed by atoms with Gasteiger partial charge in [-0.1, -0.05) is 0 Å². The molecule has 0 fully saturated rings. The van der Waals surface area contributed by atoms with Crippen LogP contribution in [0.25, 0.3) is 0 Å². The first-order valence-corrected chi connectivity index (χ1v) is 17.3. The fourth-order valence-electron chi connectivity index (χ4n) is 1.37. The monoisotopic (exact) mass is 368 g/mol. The molecule has 0 aliphatic heterocycles. The van der Waals surface area contributed by atoms with Crippen LogP contribution in [0.1, 0.15) is 48.0 Å². The van der Waals surface area contributed by atoms with Crippen LogP contribution in [0.5, 0.6) is 0 Å². The van der Waals surface area contributed by atoms with Crippen LogP contribution in [0.3, 0.4) is 0 Å². The summed E-state index contributed by atoms with van der Waals surface area (Å²) < 4.78 is 1.70. The van der Waals surface area contributed by atoms with Crippen molar-refractivity contribution in [3.63, 3.8) is 0 Å². The molecule has 1 aliphatic carbocycles. The Morgan fingerprint density at radius 1 is 0.739 bits per heavy atom. The van der Waals surface area contributed by atoms with Gasteiger partial charge in [0.1, 0.15) is 0 Å². The van der Waals surface area contributed by atoms with Gasteiger partial charge in [0.25, 0.3) is 0 Å². The van der Waals surface area contributed by atoms with Crippen molar-refractivity contribution in [2.45, 2.75) is 92.4 Å². The fraction of sp³-hybridized carbons (Fsp3) is 0.789. The third-order valence-electron chi connectivity index (χ3n) is 2.38. The van der Waals surface area contributed by atoms with E-state index in [1.807, 2.05) is 0 Å². The molecular formula is C19H44O3Ti. The molecule has 0 saturated carbocycles. The molecule has 4 heteroatoms. The molecule has 1 aliphatic rings. The Balaban J connectivity index is -0.000000278. The van der Waals surface area contributed by atoms with Crippen LogP contribution < -0.4 is 0 Å². The maximum atomic E-state index is 8.06. The summed E-state index contributed by atoms with van der Waals surface area (Å²) in [6, 6.07) is 0. The first-order valence-electron chi connectivity index (χ1n) is 8.71. The summed E-state index contributed by atoms with van der Waals surface area (Å²) in [5.41, 5.74) is 0. The van der Waals surface area contributed by atoms with Gasteiger partial charge in [-0.15, -0.1) is 0 Å². The first kappa shape index (κ1) is 27.9. The Kier molecular flexibility index (Phi) is 12.3. The molecule has 0 spiro atoms. The molecule has 3 N–H and O–H groups in total. The average molecular weight is 368 g/mol. The molecule has 0 amide bonds.